The molecule has 0 aliphatic heterocycles. The van der Waals surface area contributed by atoms with E-state index in [9.17, 15) is 0 Å². The summed E-state index contributed by atoms with van der Waals surface area (Å²) in [6, 6.07) is 16.4. The maximum absolute atomic E-state index is 5.70. The van der Waals surface area contributed by atoms with Crippen LogP contribution in [0.5, 0.6) is 0 Å². The number of thioether (sulfide) groups is 1. The first-order chi connectivity index (χ1) is 9.33. The molecular formula is C16H15NOS. The molecule has 0 saturated carbocycles. The molecule has 96 valence electrons. The van der Waals surface area contributed by atoms with Crippen molar-refractivity contribution in [2.24, 2.45) is 0 Å². The first-order valence-electron chi connectivity index (χ1n) is 6.29. The van der Waals surface area contributed by atoms with Crippen molar-refractivity contribution >= 4 is 22.9 Å². The maximum atomic E-state index is 5.70. The molecule has 0 spiro atoms. The van der Waals surface area contributed by atoms with Gasteiger partial charge in [0.1, 0.15) is 5.52 Å². The second kappa shape index (κ2) is 5.49. The van der Waals surface area contributed by atoms with Crippen LogP contribution in [0.2, 0.25) is 0 Å². The number of hydrogen-bond donors (Lipinski definition) is 0. The van der Waals surface area contributed by atoms with Crippen molar-refractivity contribution in [3.8, 4) is 0 Å². The van der Waals surface area contributed by atoms with Gasteiger partial charge in [0.2, 0.25) is 5.89 Å². The number of nitrogens with zero attached hydrogens (tertiary/aromatic N) is 1. The van der Waals surface area contributed by atoms with E-state index < -0.39 is 0 Å². The number of benzene rings is 2. The number of aromatic nitrogens is 1. The number of oxazole rings is 1. The summed E-state index contributed by atoms with van der Waals surface area (Å²) >= 11 is 1.83. The van der Waals surface area contributed by atoms with Crippen LogP contribution in [0.15, 0.2) is 52.9 Å². The van der Waals surface area contributed by atoms with Gasteiger partial charge in [-0.2, -0.15) is 0 Å². The first-order valence-corrected chi connectivity index (χ1v) is 7.45. The lowest BCUT2D eigenvalue weighted by molar-refractivity contribution is 0.556. The largest absolute Gasteiger partial charge is 0.440 e. The van der Waals surface area contributed by atoms with Crippen LogP contribution in [-0.4, -0.2) is 4.98 Å². The predicted molar refractivity (Wildman–Crippen MR) is 80.2 cm³/mol. The average Bonchev–Trinajstić information content (AvgIpc) is 2.83. The van der Waals surface area contributed by atoms with Gasteiger partial charge in [0.25, 0.3) is 0 Å². The van der Waals surface area contributed by atoms with Crippen LogP contribution in [0.1, 0.15) is 17.0 Å². The van der Waals surface area contributed by atoms with Crippen molar-refractivity contribution in [1.82, 2.24) is 4.98 Å². The van der Waals surface area contributed by atoms with E-state index in [2.05, 4.69) is 36.2 Å². The number of fused-ring (bicyclic) bond motifs is 1. The van der Waals surface area contributed by atoms with E-state index in [1.54, 1.807) is 0 Å². The monoisotopic (exact) mass is 269 g/mol. The van der Waals surface area contributed by atoms with E-state index in [0.29, 0.717) is 0 Å². The number of rotatable bonds is 4. The zero-order valence-electron chi connectivity index (χ0n) is 10.8. The molecule has 3 heteroatoms. The molecule has 0 N–H and O–H groups in total. The molecule has 0 atom stereocenters. The molecule has 0 fully saturated rings. The SMILES string of the molecule is Cc1ccccc1CSCc1nc2ccccc2o1. The molecule has 0 radical (unpaired) electrons. The minimum Gasteiger partial charge on any atom is -0.440 e. The molecule has 0 aliphatic rings. The summed E-state index contributed by atoms with van der Waals surface area (Å²) in [7, 11) is 0. The van der Waals surface area contributed by atoms with E-state index in [-0.39, 0.29) is 0 Å². The molecule has 1 aromatic heterocycles. The summed E-state index contributed by atoms with van der Waals surface area (Å²) in [5.41, 5.74) is 4.53. The standard InChI is InChI=1S/C16H15NOS/c1-12-6-2-3-7-13(12)10-19-11-16-17-14-8-4-5-9-15(14)18-16/h2-9H,10-11H2,1H3. The van der Waals surface area contributed by atoms with Crippen LogP contribution >= 0.6 is 11.8 Å². The van der Waals surface area contributed by atoms with E-state index in [1.165, 1.54) is 11.1 Å². The van der Waals surface area contributed by atoms with Crippen molar-refractivity contribution in [3.05, 3.63) is 65.5 Å². The van der Waals surface area contributed by atoms with Gasteiger partial charge in [0, 0.05) is 5.75 Å². The topological polar surface area (TPSA) is 26.0 Å². The molecule has 0 unspecified atom stereocenters. The molecule has 1 heterocycles. The second-order valence-corrected chi connectivity index (χ2v) is 5.48. The van der Waals surface area contributed by atoms with Gasteiger partial charge >= 0.3 is 0 Å². The van der Waals surface area contributed by atoms with Crippen molar-refractivity contribution in [2.45, 2.75) is 18.4 Å². The highest BCUT2D eigenvalue weighted by Gasteiger charge is 2.05. The van der Waals surface area contributed by atoms with Crippen LogP contribution in [0.25, 0.3) is 11.1 Å². The van der Waals surface area contributed by atoms with Crippen molar-refractivity contribution in [2.75, 3.05) is 0 Å². The Kier molecular flexibility index (Phi) is 3.56. The molecule has 0 aliphatic carbocycles. The molecule has 0 bridgehead atoms. The normalized spacial score (nSPS) is 11.0. The van der Waals surface area contributed by atoms with Gasteiger partial charge in [-0.1, -0.05) is 36.4 Å². The van der Waals surface area contributed by atoms with Gasteiger partial charge in [-0.05, 0) is 30.2 Å². The minimum absolute atomic E-state index is 0.805. The van der Waals surface area contributed by atoms with Gasteiger partial charge in [-0.3, -0.25) is 0 Å². The Morgan fingerprint density at radius 1 is 1.00 bits per heavy atom. The molecule has 19 heavy (non-hydrogen) atoms. The Bertz CT molecular complexity index is 657. The number of para-hydroxylation sites is 2. The van der Waals surface area contributed by atoms with Crippen LogP contribution < -0.4 is 0 Å². The third kappa shape index (κ3) is 2.82. The maximum Gasteiger partial charge on any atom is 0.205 e. The fourth-order valence-corrected chi connectivity index (χ4v) is 2.95. The molecule has 2 aromatic carbocycles. The summed E-state index contributed by atoms with van der Waals surface area (Å²) in [4.78, 5) is 4.48. The Morgan fingerprint density at radius 2 is 1.79 bits per heavy atom. The summed E-state index contributed by atoms with van der Waals surface area (Å²) in [5, 5.41) is 0. The Hall–Kier alpha value is -1.74. The molecule has 0 amide bonds. The summed E-state index contributed by atoms with van der Waals surface area (Å²) < 4.78 is 5.70. The van der Waals surface area contributed by atoms with Gasteiger partial charge in [0.15, 0.2) is 5.58 Å². The summed E-state index contributed by atoms with van der Waals surface area (Å²) in [6.07, 6.45) is 0. The smallest absolute Gasteiger partial charge is 0.205 e. The van der Waals surface area contributed by atoms with Crippen LogP contribution in [-0.2, 0) is 11.5 Å². The van der Waals surface area contributed by atoms with Crippen LogP contribution in [0.3, 0.4) is 0 Å². The van der Waals surface area contributed by atoms with Gasteiger partial charge in [0.05, 0.1) is 5.75 Å². The van der Waals surface area contributed by atoms with E-state index >= 15 is 0 Å². The van der Waals surface area contributed by atoms with Gasteiger partial charge < -0.3 is 4.42 Å². The Balaban J connectivity index is 1.65. The highest BCUT2D eigenvalue weighted by molar-refractivity contribution is 7.97. The fraction of sp³-hybridized carbons (Fsp3) is 0.188. The highest BCUT2D eigenvalue weighted by Crippen LogP contribution is 2.22. The first kappa shape index (κ1) is 12.3. The lowest BCUT2D eigenvalue weighted by atomic mass is 10.1. The zero-order valence-corrected chi connectivity index (χ0v) is 11.6. The summed E-state index contributed by atoms with van der Waals surface area (Å²) in [5.74, 6) is 2.61. The van der Waals surface area contributed by atoms with Crippen LogP contribution in [0.4, 0.5) is 0 Å². The Morgan fingerprint density at radius 3 is 2.63 bits per heavy atom. The van der Waals surface area contributed by atoms with Crippen molar-refractivity contribution in [1.29, 1.82) is 0 Å². The quantitative estimate of drug-likeness (QED) is 0.694. The molecular weight excluding hydrogens is 254 g/mol. The van der Waals surface area contributed by atoms with E-state index in [0.717, 1.165) is 28.5 Å². The average molecular weight is 269 g/mol. The van der Waals surface area contributed by atoms with Crippen molar-refractivity contribution < 1.29 is 4.42 Å². The molecule has 2 nitrogen and oxygen atoms in total. The molecule has 0 saturated heterocycles. The molecule has 3 aromatic rings. The number of hydrogen-bond acceptors (Lipinski definition) is 3. The van der Waals surface area contributed by atoms with Crippen LogP contribution in [0, 0.1) is 6.92 Å². The lowest BCUT2D eigenvalue weighted by Gasteiger charge is -2.03. The zero-order chi connectivity index (χ0) is 13.1. The number of aryl methyl sites for hydroxylation is 1. The Labute approximate surface area is 116 Å². The summed E-state index contributed by atoms with van der Waals surface area (Å²) in [6.45, 7) is 2.15. The fourth-order valence-electron chi connectivity index (χ4n) is 2.00. The van der Waals surface area contributed by atoms with E-state index in [1.807, 2.05) is 36.0 Å². The van der Waals surface area contributed by atoms with Gasteiger partial charge in [-0.15, -0.1) is 11.8 Å². The highest BCUT2D eigenvalue weighted by atomic mass is 32.2. The third-order valence-electron chi connectivity index (χ3n) is 3.08. The second-order valence-electron chi connectivity index (χ2n) is 4.49. The molecule has 3 rings (SSSR count). The van der Waals surface area contributed by atoms with E-state index in [4.69, 9.17) is 4.42 Å². The lowest BCUT2D eigenvalue weighted by Crippen LogP contribution is -1.86. The predicted octanol–water partition coefficient (Wildman–Crippen LogP) is 4.57. The van der Waals surface area contributed by atoms with Gasteiger partial charge in [-0.25, -0.2) is 4.98 Å². The minimum atomic E-state index is 0.805. The van der Waals surface area contributed by atoms with Crippen molar-refractivity contribution in [3.63, 3.8) is 0 Å². The third-order valence-corrected chi connectivity index (χ3v) is 4.05.